The van der Waals surface area contributed by atoms with Gasteiger partial charge < -0.3 is 15.5 Å². The van der Waals surface area contributed by atoms with Crippen molar-refractivity contribution in [2.24, 2.45) is 5.92 Å². The third-order valence-corrected chi connectivity index (χ3v) is 6.49. The van der Waals surface area contributed by atoms with E-state index < -0.39 is 0 Å². The first-order valence-corrected chi connectivity index (χ1v) is 11.2. The van der Waals surface area contributed by atoms with Crippen LogP contribution in [0, 0.1) is 5.92 Å². The Kier molecular flexibility index (Phi) is 10.2. The molecule has 2 aliphatic rings. The molecule has 28 heavy (non-hydrogen) atoms. The van der Waals surface area contributed by atoms with Crippen molar-refractivity contribution in [3.05, 3.63) is 29.8 Å². The van der Waals surface area contributed by atoms with Gasteiger partial charge in [-0.05, 0) is 43.9 Å². The molecule has 7 heteroatoms. The van der Waals surface area contributed by atoms with Crippen LogP contribution >= 0.6 is 24.2 Å². The zero-order chi connectivity index (χ0) is 18.9. The molecular weight excluding hydrogens is 394 g/mol. The minimum absolute atomic E-state index is 0. The normalized spacial score (nSPS) is 18.1. The second kappa shape index (κ2) is 12.3. The molecule has 1 aromatic carbocycles. The molecule has 1 aromatic rings. The summed E-state index contributed by atoms with van der Waals surface area (Å²) in [5.74, 6) is 1.13. The van der Waals surface area contributed by atoms with E-state index >= 15 is 0 Å². The zero-order valence-electron chi connectivity index (χ0n) is 16.5. The van der Waals surface area contributed by atoms with Crippen molar-refractivity contribution in [2.75, 3.05) is 38.5 Å². The van der Waals surface area contributed by atoms with E-state index in [4.69, 9.17) is 0 Å². The van der Waals surface area contributed by atoms with Crippen LogP contribution in [0.4, 0.5) is 0 Å². The predicted octanol–water partition coefficient (Wildman–Crippen LogP) is 3.33. The first-order chi connectivity index (χ1) is 13.2. The van der Waals surface area contributed by atoms with Crippen LogP contribution in [0.5, 0.6) is 0 Å². The number of thioether (sulfide) groups is 1. The summed E-state index contributed by atoms with van der Waals surface area (Å²) in [6, 6.07) is 7.66. The maximum atomic E-state index is 12.9. The van der Waals surface area contributed by atoms with Gasteiger partial charge in [-0.15, -0.1) is 24.2 Å². The molecule has 1 aliphatic heterocycles. The number of benzene rings is 1. The third kappa shape index (κ3) is 6.98. The van der Waals surface area contributed by atoms with Crippen molar-refractivity contribution in [1.82, 2.24) is 15.5 Å². The van der Waals surface area contributed by atoms with Crippen LogP contribution < -0.4 is 10.6 Å². The molecule has 2 amide bonds. The summed E-state index contributed by atoms with van der Waals surface area (Å²) in [5, 5.41) is 6.41. The van der Waals surface area contributed by atoms with Gasteiger partial charge in [0.15, 0.2) is 0 Å². The number of halogens is 1. The maximum absolute atomic E-state index is 12.9. The highest BCUT2D eigenvalue weighted by Gasteiger charge is 2.20. The lowest BCUT2D eigenvalue weighted by Crippen LogP contribution is -2.34. The Bertz CT molecular complexity index is 630. The quantitative estimate of drug-likeness (QED) is 0.686. The summed E-state index contributed by atoms with van der Waals surface area (Å²) in [7, 11) is 0. The van der Waals surface area contributed by atoms with E-state index in [1.165, 1.54) is 43.9 Å². The lowest BCUT2D eigenvalue weighted by Gasteiger charge is -2.22. The van der Waals surface area contributed by atoms with Gasteiger partial charge in [-0.1, -0.05) is 31.4 Å². The fraction of sp³-hybridized carbons (Fsp3) is 0.619. The molecule has 5 nitrogen and oxygen atoms in total. The summed E-state index contributed by atoms with van der Waals surface area (Å²) in [6.45, 7) is 4.11. The van der Waals surface area contributed by atoms with Crippen molar-refractivity contribution in [3.63, 3.8) is 0 Å². The van der Waals surface area contributed by atoms with Crippen molar-refractivity contribution in [1.29, 1.82) is 0 Å². The van der Waals surface area contributed by atoms with Crippen LogP contribution in [0.3, 0.4) is 0 Å². The number of rotatable bonds is 6. The Morgan fingerprint density at radius 3 is 2.68 bits per heavy atom. The van der Waals surface area contributed by atoms with Gasteiger partial charge in [0.25, 0.3) is 5.91 Å². The number of carbonyl (C=O) groups excluding carboxylic acids is 2. The number of hydrogen-bond acceptors (Lipinski definition) is 4. The summed E-state index contributed by atoms with van der Waals surface area (Å²) in [4.78, 5) is 28.0. The van der Waals surface area contributed by atoms with Gasteiger partial charge in [0.05, 0.1) is 11.3 Å². The van der Waals surface area contributed by atoms with Crippen LogP contribution in [0.25, 0.3) is 0 Å². The maximum Gasteiger partial charge on any atom is 0.255 e. The molecule has 0 bridgehead atoms. The molecule has 1 heterocycles. The number of carbonyl (C=O) groups is 2. The van der Waals surface area contributed by atoms with E-state index in [2.05, 4.69) is 10.6 Å². The van der Waals surface area contributed by atoms with E-state index in [1.54, 1.807) is 0 Å². The SMILES string of the molecule is Cl.O=C(CSc1ccccc1C(=O)N1CCCNCC1)NCC1CCCCC1. The number of amides is 2. The van der Waals surface area contributed by atoms with Crippen molar-refractivity contribution in [2.45, 2.75) is 43.4 Å². The number of nitrogens with zero attached hydrogens (tertiary/aromatic N) is 1. The predicted molar refractivity (Wildman–Crippen MR) is 117 cm³/mol. The van der Waals surface area contributed by atoms with Gasteiger partial charge in [-0.25, -0.2) is 0 Å². The largest absolute Gasteiger partial charge is 0.355 e. The topological polar surface area (TPSA) is 61.4 Å². The van der Waals surface area contributed by atoms with E-state index in [1.807, 2.05) is 29.2 Å². The molecule has 2 fully saturated rings. The molecular formula is C21H32ClN3O2S. The monoisotopic (exact) mass is 425 g/mol. The average Bonchev–Trinajstić information content (AvgIpc) is 3.01. The highest BCUT2D eigenvalue weighted by atomic mass is 35.5. The van der Waals surface area contributed by atoms with Crippen LogP contribution in [-0.2, 0) is 4.79 Å². The smallest absolute Gasteiger partial charge is 0.255 e. The highest BCUT2D eigenvalue weighted by molar-refractivity contribution is 8.00. The van der Waals surface area contributed by atoms with Crippen molar-refractivity contribution < 1.29 is 9.59 Å². The zero-order valence-corrected chi connectivity index (χ0v) is 18.1. The van der Waals surface area contributed by atoms with Crippen LogP contribution in [0.1, 0.15) is 48.9 Å². The Morgan fingerprint density at radius 1 is 1.07 bits per heavy atom. The molecule has 1 saturated heterocycles. The lowest BCUT2D eigenvalue weighted by atomic mass is 9.89. The third-order valence-electron chi connectivity index (χ3n) is 5.42. The Hall–Kier alpha value is -1.24. The Morgan fingerprint density at radius 2 is 1.86 bits per heavy atom. The van der Waals surface area contributed by atoms with Crippen LogP contribution in [0.15, 0.2) is 29.2 Å². The minimum atomic E-state index is 0. The first kappa shape index (κ1) is 23.0. The first-order valence-electron chi connectivity index (χ1n) is 10.2. The van der Waals surface area contributed by atoms with Crippen LogP contribution in [-0.4, -0.2) is 55.2 Å². The van der Waals surface area contributed by atoms with Gasteiger partial charge >= 0.3 is 0 Å². The van der Waals surface area contributed by atoms with Gasteiger partial charge in [0.2, 0.25) is 5.91 Å². The fourth-order valence-corrected chi connectivity index (χ4v) is 4.71. The molecule has 0 radical (unpaired) electrons. The molecule has 156 valence electrons. The van der Waals surface area contributed by atoms with Crippen molar-refractivity contribution >= 4 is 36.0 Å². The molecule has 0 spiro atoms. The van der Waals surface area contributed by atoms with E-state index in [0.29, 0.717) is 17.2 Å². The molecule has 0 atom stereocenters. The second-order valence-corrected chi connectivity index (χ2v) is 8.51. The molecule has 0 aromatic heterocycles. The fourth-order valence-electron chi connectivity index (χ4n) is 3.83. The van der Waals surface area contributed by atoms with E-state index in [9.17, 15) is 9.59 Å². The standard InChI is InChI=1S/C21H31N3O2S.ClH/c25-20(23-15-17-7-2-1-3-8-17)16-27-19-10-5-4-9-18(19)21(26)24-13-6-11-22-12-14-24;/h4-5,9-10,17,22H,1-3,6-8,11-16H2,(H,23,25);1H. The molecule has 1 saturated carbocycles. The summed E-state index contributed by atoms with van der Waals surface area (Å²) in [5.41, 5.74) is 0.712. The van der Waals surface area contributed by atoms with E-state index in [-0.39, 0.29) is 24.2 Å². The molecule has 2 N–H and O–H groups in total. The minimum Gasteiger partial charge on any atom is -0.355 e. The second-order valence-electron chi connectivity index (χ2n) is 7.49. The van der Waals surface area contributed by atoms with Gasteiger partial charge in [-0.2, -0.15) is 0 Å². The summed E-state index contributed by atoms with van der Waals surface area (Å²) in [6.07, 6.45) is 7.35. The Balaban J connectivity index is 0.00000280. The number of nitrogens with one attached hydrogen (secondary N) is 2. The lowest BCUT2D eigenvalue weighted by molar-refractivity contribution is -0.118. The highest BCUT2D eigenvalue weighted by Crippen LogP contribution is 2.25. The van der Waals surface area contributed by atoms with Gasteiger partial charge in [0, 0.05) is 31.1 Å². The van der Waals surface area contributed by atoms with Crippen molar-refractivity contribution in [3.8, 4) is 0 Å². The molecule has 0 unspecified atom stereocenters. The van der Waals surface area contributed by atoms with Gasteiger partial charge in [0.1, 0.15) is 0 Å². The summed E-state index contributed by atoms with van der Waals surface area (Å²) < 4.78 is 0. The summed E-state index contributed by atoms with van der Waals surface area (Å²) >= 11 is 1.46. The Labute approximate surface area is 178 Å². The van der Waals surface area contributed by atoms with E-state index in [0.717, 1.165) is 44.0 Å². The number of hydrogen-bond donors (Lipinski definition) is 2. The van der Waals surface area contributed by atoms with Crippen LogP contribution in [0.2, 0.25) is 0 Å². The molecule has 3 rings (SSSR count). The van der Waals surface area contributed by atoms with Gasteiger partial charge in [-0.3, -0.25) is 9.59 Å². The molecule has 1 aliphatic carbocycles. The average molecular weight is 426 g/mol.